The van der Waals surface area contributed by atoms with Crippen molar-refractivity contribution in [3.63, 3.8) is 0 Å². The molecule has 1 aromatic rings. The summed E-state index contributed by atoms with van der Waals surface area (Å²) in [6.45, 7) is -0.602. The second-order valence-electron chi connectivity index (χ2n) is 5.11. The van der Waals surface area contributed by atoms with Crippen molar-refractivity contribution in [1.82, 2.24) is 9.55 Å². The van der Waals surface area contributed by atoms with Crippen molar-refractivity contribution in [3.05, 3.63) is 33.1 Å². The summed E-state index contributed by atoms with van der Waals surface area (Å²) >= 11 is 0. The lowest BCUT2D eigenvalue weighted by atomic mass is 10.1. The molecule has 6 N–H and O–H groups in total. The van der Waals surface area contributed by atoms with E-state index in [0.29, 0.717) is 0 Å². The molecule has 0 saturated carbocycles. The molecule has 17 nitrogen and oxygen atoms in total. The normalized spacial score (nSPS) is 26.4. The highest BCUT2D eigenvalue weighted by Crippen LogP contribution is 2.44. The molecule has 164 valence electrons. The van der Waals surface area contributed by atoms with Gasteiger partial charge in [0.1, 0.15) is 18.3 Å². The van der Waals surface area contributed by atoms with Gasteiger partial charge in [-0.25, -0.2) is 9.36 Å². The van der Waals surface area contributed by atoms with E-state index < -0.39 is 67.1 Å². The van der Waals surface area contributed by atoms with Crippen LogP contribution in [0.3, 0.4) is 0 Å². The maximum Gasteiger partial charge on any atom is 0.760 e. The lowest BCUT2D eigenvalue weighted by Gasteiger charge is -2.16. The number of ether oxygens (including phenoxy) is 1. The van der Waals surface area contributed by atoms with Crippen LogP contribution >= 0.6 is 24.7 Å². The fraction of sp³-hybridized carbons (Fsp3) is 0.556. The number of phosphoric acid groups is 1. The number of aliphatic hydroxyl groups excluding tert-OH is 2. The van der Waals surface area contributed by atoms with E-state index in [2.05, 4.69) is 18.7 Å². The standard InChI is InChI=1S/C9H13N2O15P3/c12-5-1-2-11(9(15)10-5)8-7(14)6(13)4(22-8)3-21-27(16)23-24-28(17)25-26-29(18,19)20/h1-2,4,6-8,13-14,16H,3H2,(H2-,10,12,15,18,19,20)/p+1. The van der Waals surface area contributed by atoms with Gasteiger partial charge >= 0.3 is 30.4 Å². The zero-order chi connectivity index (χ0) is 21.8. The topological polar surface area (TPSA) is 246 Å². The summed E-state index contributed by atoms with van der Waals surface area (Å²) in [6.07, 6.45) is -4.77. The summed E-state index contributed by atoms with van der Waals surface area (Å²) in [6, 6.07) is 0.991. The third-order valence-corrected chi connectivity index (χ3v) is 4.63. The van der Waals surface area contributed by atoms with Gasteiger partial charge in [0.05, 0.1) is 16.0 Å². The van der Waals surface area contributed by atoms with Gasteiger partial charge in [-0.3, -0.25) is 14.3 Å². The molecule has 0 aromatic carbocycles. The quantitative estimate of drug-likeness (QED) is 0.120. The number of H-pyrrole nitrogens is 1. The van der Waals surface area contributed by atoms with Crippen molar-refractivity contribution >= 4 is 24.7 Å². The minimum Gasteiger partial charge on any atom is -0.387 e. The number of nitrogens with zero attached hydrogens (tertiary/aromatic N) is 1. The predicted octanol–water partition coefficient (Wildman–Crippen LogP) is -1.96. The highest BCUT2D eigenvalue weighted by molar-refractivity contribution is 7.46. The van der Waals surface area contributed by atoms with Crippen molar-refractivity contribution in [1.29, 1.82) is 0 Å². The Morgan fingerprint density at radius 2 is 1.97 bits per heavy atom. The van der Waals surface area contributed by atoms with E-state index in [-0.39, 0.29) is 0 Å². The molecule has 1 aliphatic rings. The molecule has 0 spiro atoms. The van der Waals surface area contributed by atoms with Gasteiger partial charge in [-0.2, -0.15) is 0 Å². The first-order valence-electron chi connectivity index (χ1n) is 7.17. The average molecular weight is 483 g/mol. The average Bonchev–Trinajstić information content (AvgIpc) is 2.91. The third-order valence-electron chi connectivity index (χ3n) is 3.16. The van der Waals surface area contributed by atoms with Gasteiger partial charge in [0.25, 0.3) is 5.56 Å². The summed E-state index contributed by atoms with van der Waals surface area (Å²) in [5.74, 6) is 0. The summed E-state index contributed by atoms with van der Waals surface area (Å²) in [7, 11) is -11.3. The van der Waals surface area contributed by atoms with E-state index in [0.717, 1.165) is 16.8 Å². The highest BCUT2D eigenvalue weighted by atomic mass is 31.2. The number of hydrogen-bond donors (Lipinski definition) is 6. The molecule has 1 aliphatic heterocycles. The molecule has 6 atom stereocenters. The van der Waals surface area contributed by atoms with Crippen LogP contribution in [0.25, 0.3) is 0 Å². The molecular weight excluding hydrogens is 469 g/mol. The van der Waals surface area contributed by atoms with Crippen molar-refractivity contribution in [2.24, 2.45) is 0 Å². The van der Waals surface area contributed by atoms with Crippen molar-refractivity contribution in [2.75, 3.05) is 6.61 Å². The van der Waals surface area contributed by atoms with Crippen LogP contribution < -0.4 is 11.2 Å². The molecule has 0 bridgehead atoms. The van der Waals surface area contributed by atoms with Crippen molar-refractivity contribution < 1.29 is 62.0 Å². The van der Waals surface area contributed by atoms with Crippen LogP contribution in [-0.4, -0.2) is 59.4 Å². The van der Waals surface area contributed by atoms with Crippen LogP contribution in [0, 0.1) is 0 Å². The first kappa shape index (κ1) is 24.3. The Bertz CT molecular complexity index is 867. The third kappa shape index (κ3) is 7.32. The van der Waals surface area contributed by atoms with Crippen molar-refractivity contribution in [2.45, 2.75) is 24.5 Å². The monoisotopic (exact) mass is 483 g/mol. The fourth-order valence-electron chi connectivity index (χ4n) is 2.02. The van der Waals surface area contributed by atoms with Gasteiger partial charge in [0.15, 0.2) is 6.23 Å². The second kappa shape index (κ2) is 10.3. The van der Waals surface area contributed by atoms with E-state index in [1.165, 1.54) is 0 Å². The number of rotatable bonds is 10. The molecule has 2 rings (SSSR count). The van der Waals surface area contributed by atoms with Crippen LogP contribution in [0.4, 0.5) is 0 Å². The lowest BCUT2D eigenvalue weighted by Crippen LogP contribution is -2.37. The molecule has 0 radical (unpaired) electrons. The van der Waals surface area contributed by atoms with Gasteiger partial charge < -0.3 is 34.2 Å². The Hall–Kier alpha value is -1.00. The first-order chi connectivity index (χ1) is 13.5. The smallest absolute Gasteiger partial charge is 0.387 e. The molecule has 0 aliphatic carbocycles. The zero-order valence-corrected chi connectivity index (χ0v) is 16.5. The van der Waals surface area contributed by atoms with Gasteiger partial charge in [0.2, 0.25) is 0 Å². The molecular formula is C9H14N2O15P3+. The second-order valence-corrected chi connectivity index (χ2v) is 7.87. The van der Waals surface area contributed by atoms with E-state index in [1.54, 1.807) is 0 Å². The van der Waals surface area contributed by atoms with Gasteiger partial charge in [0, 0.05) is 16.8 Å². The van der Waals surface area contributed by atoms with E-state index in [9.17, 15) is 33.8 Å². The molecule has 6 unspecified atom stereocenters. The van der Waals surface area contributed by atoms with Crippen LogP contribution in [0.15, 0.2) is 21.9 Å². The van der Waals surface area contributed by atoms with E-state index in [1.807, 2.05) is 4.98 Å². The largest absolute Gasteiger partial charge is 0.760 e. The van der Waals surface area contributed by atoms with Crippen LogP contribution in [-0.2, 0) is 37.1 Å². The fourth-order valence-corrected chi connectivity index (χ4v) is 3.38. The predicted molar refractivity (Wildman–Crippen MR) is 86.3 cm³/mol. The van der Waals surface area contributed by atoms with Gasteiger partial charge in [-0.05, 0) is 0 Å². The molecule has 29 heavy (non-hydrogen) atoms. The SMILES string of the molecule is O=c1ccn(C2OC(COP(O)OO[P+](=O)OOP(=O)(O)O)C(O)C2O)c(=O)[nH]1. The van der Waals surface area contributed by atoms with Gasteiger partial charge in [-0.15, -0.1) is 4.67 Å². The molecule has 0 amide bonds. The van der Waals surface area contributed by atoms with Crippen LogP contribution in [0.5, 0.6) is 0 Å². The Labute approximate surface area is 161 Å². The Balaban J connectivity index is 1.83. The minimum atomic E-state index is -5.09. The number of nitrogens with one attached hydrogen (secondary N) is 1. The maximum absolute atomic E-state index is 11.7. The minimum absolute atomic E-state index is 0.602. The zero-order valence-electron chi connectivity index (χ0n) is 13.8. The number of aromatic nitrogens is 2. The number of aliphatic hydroxyl groups is 2. The highest BCUT2D eigenvalue weighted by Gasteiger charge is 2.44. The van der Waals surface area contributed by atoms with Crippen molar-refractivity contribution in [3.8, 4) is 0 Å². The summed E-state index contributed by atoms with van der Waals surface area (Å²) in [4.78, 5) is 50.8. The summed E-state index contributed by atoms with van der Waals surface area (Å²) in [5, 5.41) is 20.0. The number of aromatic amines is 1. The van der Waals surface area contributed by atoms with Crippen LogP contribution in [0.1, 0.15) is 6.23 Å². The summed E-state index contributed by atoms with van der Waals surface area (Å²) < 4.78 is 47.2. The van der Waals surface area contributed by atoms with Gasteiger partial charge in [-0.1, -0.05) is 4.67 Å². The molecule has 20 heteroatoms. The molecule has 1 saturated heterocycles. The molecule has 1 aromatic heterocycles. The molecule has 2 heterocycles. The van der Waals surface area contributed by atoms with E-state index >= 15 is 0 Å². The Morgan fingerprint density at radius 1 is 1.28 bits per heavy atom. The molecule has 1 fully saturated rings. The Morgan fingerprint density at radius 3 is 2.59 bits per heavy atom. The Kier molecular flexibility index (Phi) is 8.66. The first-order valence-corrected chi connectivity index (χ1v) is 10.9. The summed E-state index contributed by atoms with van der Waals surface area (Å²) in [5.41, 5.74) is -1.59. The van der Waals surface area contributed by atoms with E-state index in [4.69, 9.17) is 19.0 Å². The maximum atomic E-state index is 11.7. The van der Waals surface area contributed by atoms with Crippen LogP contribution in [0.2, 0.25) is 0 Å². The number of hydrogen-bond acceptors (Lipinski definition) is 13. The lowest BCUT2D eigenvalue weighted by molar-refractivity contribution is -0.176.